The van der Waals surface area contributed by atoms with Gasteiger partial charge in [0.1, 0.15) is 21.6 Å². The maximum Gasteiger partial charge on any atom is 0.271 e. The summed E-state index contributed by atoms with van der Waals surface area (Å²) in [5.74, 6) is -0.935. The maximum atomic E-state index is 14.1. The summed E-state index contributed by atoms with van der Waals surface area (Å²) in [6.45, 7) is 0. The Hall–Kier alpha value is -3.29. The van der Waals surface area contributed by atoms with Gasteiger partial charge in [-0.2, -0.15) is 5.21 Å². The number of halogens is 2. The van der Waals surface area contributed by atoms with E-state index in [4.69, 9.17) is 0 Å². The van der Waals surface area contributed by atoms with Crippen LogP contribution in [0.2, 0.25) is 0 Å². The molecule has 3 aromatic carbocycles. The van der Waals surface area contributed by atoms with Gasteiger partial charge in [-0.25, -0.2) is 17.2 Å². The minimum atomic E-state index is -4.14. The van der Waals surface area contributed by atoms with E-state index in [0.29, 0.717) is 27.6 Å². The second-order valence-electron chi connectivity index (χ2n) is 6.90. The van der Waals surface area contributed by atoms with Crippen molar-refractivity contribution in [2.45, 2.75) is 14.9 Å². The zero-order valence-corrected chi connectivity index (χ0v) is 18.9. The molecule has 0 atom stereocenters. The minimum absolute atomic E-state index is 0.0125. The molecular formula is C20H13F2N5O3S3. The summed E-state index contributed by atoms with van der Waals surface area (Å²) in [6.07, 6.45) is 0. The van der Waals surface area contributed by atoms with Crippen molar-refractivity contribution >= 4 is 59.7 Å². The van der Waals surface area contributed by atoms with E-state index in [1.165, 1.54) is 23.9 Å². The second kappa shape index (κ2) is 8.24. The molecule has 0 amide bonds. The van der Waals surface area contributed by atoms with Crippen molar-refractivity contribution < 1.29 is 22.3 Å². The minimum Gasteiger partial charge on any atom is -0.506 e. The number of hydrogen-bond acceptors (Lipinski definition) is 8. The predicted molar refractivity (Wildman–Crippen MR) is 122 cm³/mol. The summed E-state index contributed by atoms with van der Waals surface area (Å²) in [5.41, 5.74) is 0.225. The standard InChI is InChI=1S/C20H13F2N5O3S3/c21-10-5-14(22)13-7-19(32-16(13)6-10)33(29,30)25-15-8-17(31-9-18-23-26-27-24-18)20(28)12-4-2-1-3-11(12)15/h1-8,25,28H,9H2,(H,23,24,26,27). The number of nitrogens with zero attached hydrogens (tertiary/aromatic N) is 3. The fourth-order valence-electron chi connectivity index (χ4n) is 3.28. The van der Waals surface area contributed by atoms with Crippen molar-refractivity contribution in [3.05, 3.63) is 66.0 Å². The summed E-state index contributed by atoms with van der Waals surface area (Å²) in [5, 5.41) is 25.2. The van der Waals surface area contributed by atoms with Gasteiger partial charge in [-0.1, -0.05) is 29.5 Å². The molecule has 2 aromatic heterocycles. The molecule has 8 nitrogen and oxygen atoms in total. The van der Waals surface area contributed by atoms with Gasteiger partial charge in [0.25, 0.3) is 10.0 Å². The number of tetrazole rings is 1. The molecule has 0 saturated carbocycles. The molecule has 0 saturated heterocycles. The van der Waals surface area contributed by atoms with Gasteiger partial charge in [0.05, 0.1) is 16.3 Å². The first-order chi connectivity index (χ1) is 15.8. The van der Waals surface area contributed by atoms with Crippen molar-refractivity contribution in [1.29, 1.82) is 0 Å². The Balaban J connectivity index is 1.56. The maximum absolute atomic E-state index is 14.1. The molecule has 168 valence electrons. The number of aromatic hydroxyl groups is 1. The van der Waals surface area contributed by atoms with Gasteiger partial charge in [0.2, 0.25) is 0 Å². The Labute approximate surface area is 193 Å². The van der Waals surface area contributed by atoms with Crippen LogP contribution in [-0.2, 0) is 15.8 Å². The molecule has 0 unspecified atom stereocenters. The van der Waals surface area contributed by atoms with E-state index in [9.17, 15) is 22.3 Å². The fraction of sp³-hybridized carbons (Fsp3) is 0.0500. The smallest absolute Gasteiger partial charge is 0.271 e. The predicted octanol–water partition coefficient (Wildman–Crippen LogP) is 4.64. The van der Waals surface area contributed by atoms with E-state index in [-0.39, 0.29) is 31.5 Å². The summed E-state index contributed by atoms with van der Waals surface area (Å²) < 4.78 is 56.4. The average molecular weight is 506 g/mol. The van der Waals surface area contributed by atoms with Crippen LogP contribution in [0.1, 0.15) is 5.82 Å². The first-order valence-corrected chi connectivity index (χ1v) is 12.6. The van der Waals surface area contributed by atoms with Crippen molar-refractivity contribution in [3.8, 4) is 5.75 Å². The van der Waals surface area contributed by atoms with Crippen LogP contribution in [0.5, 0.6) is 5.75 Å². The number of hydrogen-bond donors (Lipinski definition) is 3. The zero-order valence-electron chi connectivity index (χ0n) is 16.4. The Kier molecular flexibility index (Phi) is 5.38. The molecular weight excluding hydrogens is 492 g/mol. The first kappa shape index (κ1) is 21.6. The van der Waals surface area contributed by atoms with Gasteiger partial charge in [0.15, 0.2) is 5.82 Å². The monoisotopic (exact) mass is 505 g/mol. The van der Waals surface area contributed by atoms with Crippen molar-refractivity contribution in [3.63, 3.8) is 0 Å². The molecule has 0 bridgehead atoms. The molecule has 0 aliphatic rings. The Morgan fingerprint density at radius 3 is 2.64 bits per heavy atom. The number of thioether (sulfide) groups is 1. The van der Waals surface area contributed by atoms with Gasteiger partial charge >= 0.3 is 0 Å². The number of phenolic OH excluding ortho intramolecular Hbond substituents is 1. The number of aromatic amines is 1. The Morgan fingerprint density at radius 2 is 1.88 bits per heavy atom. The molecule has 2 heterocycles. The van der Waals surface area contributed by atoms with Crippen LogP contribution >= 0.6 is 23.1 Å². The van der Waals surface area contributed by atoms with Crippen molar-refractivity contribution in [2.75, 3.05) is 4.72 Å². The van der Waals surface area contributed by atoms with E-state index in [2.05, 4.69) is 25.3 Å². The highest BCUT2D eigenvalue weighted by Crippen LogP contribution is 2.41. The van der Waals surface area contributed by atoms with Crippen LogP contribution in [0.4, 0.5) is 14.5 Å². The molecule has 0 fully saturated rings. The molecule has 0 aliphatic carbocycles. The molecule has 13 heteroatoms. The van der Waals surface area contributed by atoms with Crippen LogP contribution in [-0.4, -0.2) is 34.1 Å². The number of nitrogens with one attached hydrogen (secondary N) is 2. The van der Waals surface area contributed by atoms with Gasteiger partial charge < -0.3 is 5.11 Å². The number of phenols is 1. The van der Waals surface area contributed by atoms with Crippen LogP contribution in [0, 0.1) is 11.6 Å². The topological polar surface area (TPSA) is 121 Å². The fourth-order valence-corrected chi connectivity index (χ4v) is 6.64. The van der Waals surface area contributed by atoms with E-state index >= 15 is 0 Å². The molecule has 33 heavy (non-hydrogen) atoms. The zero-order chi connectivity index (χ0) is 23.2. The highest BCUT2D eigenvalue weighted by molar-refractivity contribution is 7.98. The lowest BCUT2D eigenvalue weighted by Crippen LogP contribution is -2.12. The third-order valence-corrected chi connectivity index (χ3v) is 8.71. The van der Waals surface area contributed by atoms with Crippen molar-refractivity contribution in [1.82, 2.24) is 20.6 Å². The highest BCUT2D eigenvalue weighted by atomic mass is 32.2. The Bertz CT molecular complexity index is 1600. The molecule has 0 spiro atoms. The van der Waals surface area contributed by atoms with Crippen molar-refractivity contribution in [2.24, 2.45) is 0 Å². The van der Waals surface area contributed by atoms with Gasteiger partial charge in [-0.3, -0.25) is 4.72 Å². The summed E-state index contributed by atoms with van der Waals surface area (Å²) >= 11 is 1.97. The third-order valence-electron chi connectivity index (χ3n) is 4.77. The lowest BCUT2D eigenvalue weighted by molar-refractivity contribution is 0.469. The number of aromatic nitrogens is 4. The summed E-state index contributed by atoms with van der Waals surface area (Å²) in [6, 6.07) is 11.2. The van der Waals surface area contributed by atoms with Crippen LogP contribution in [0.15, 0.2) is 57.6 Å². The number of anilines is 1. The molecule has 3 N–H and O–H groups in total. The summed E-state index contributed by atoms with van der Waals surface area (Å²) in [4.78, 5) is 0.403. The van der Waals surface area contributed by atoms with Crippen LogP contribution < -0.4 is 4.72 Å². The number of sulfonamides is 1. The van der Waals surface area contributed by atoms with E-state index in [1.807, 2.05) is 0 Å². The van der Waals surface area contributed by atoms with Crippen LogP contribution in [0.25, 0.3) is 20.9 Å². The summed E-state index contributed by atoms with van der Waals surface area (Å²) in [7, 11) is -4.14. The number of rotatable bonds is 6. The Morgan fingerprint density at radius 1 is 1.09 bits per heavy atom. The van der Waals surface area contributed by atoms with E-state index in [0.717, 1.165) is 17.4 Å². The first-order valence-electron chi connectivity index (χ1n) is 9.33. The number of thiophene rings is 1. The average Bonchev–Trinajstić information content (AvgIpc) is 3.45. The quantitative estimate of drug-likeness (QED) is 0.227. The third kappa shape index (κ3) is 4.10. The highest BCUT2D eigenvalue weighted by Gasteiger charge is 2.22. The van der Waals surface area contributed by atoms with E-state index in [1.54, 1.807) is 24.3 Å². The largest absolute Gasteiger partial charge is 0.506 e. The normalized spacial score (nSPS) is 11.9. The lowest BCUT2D eigenvalue weighted by Gasteiger charge is -2.14. The number of H-pyrrole nitrogens is 1. The molecule has 5 rings (SSSR count). The SMILES string of the molecule is O=S(=O)(Nc1cc(SCc2nn[nH]n2)c(O)c2ccccc12)c1cc2c(F)cc(F)cc2s1. The van der Waals surface area contributed by atoms with Gasteiger partial charge in [-0.05, 0) is 18.2 Å². The molecule has 5 aromatic rings. The van der Waals surface area contributed by atoms with E-state index < -0.39 is 21.7 Å². The number of benzene rings is 3. The van der Waals surface area contributed by atoms with Gasteiger partial charge in [0, 0.05) is 26.9 Å². The van der Waals surface area contributed by atoms with Gasteiger partial charge in [-0.15, -0.1) is 33.3 Å². The number of fused-ring (bicyclic) bond motifs is 2. The lowest BCUT2D eigenvalue weighted by atomic mass is 10.1. The molecule has 0 radical (unpaired) electrons. The molecule has 0 aliphatic heterocycles. The van der Waals surface area contributed by atoms with Crippen LogP contribution in [0.3, 0.4) is 0 Å². The second-order valence-corrected chi connectivity index (χ2v) is 10.9.